The Morgan fingerprint density at radius 2 is 0.962 bits per heavy atom. The van der Waals surface area contributed by atoms with E-state index in [1.54, 1.807) is 0 Å². The Morgan fingerprint density at radius 3 is 1.27 bits per heavy atom. The zero-order valence-electron chi connectivity index (χ0n) is 16.8. The van der Waals surface area contributed by atoms with Gasteiger partial charge in [0.25, 0.3) is 0 Å². The quantitative estimate of drug-likeness (QED) is 0.258. The average molecular weight is 418 g/mol. The van der Waals surface area contributed by atoms with Crippen molar-refractivity contribution in [3.05, 3.63) is 89.8 Å². The van der Waals surface area contributed by atoms with Crippen LogP contribution in [0, 0.1) is 34.6 Å². The first-order valence-corrected chi connectivity index (χ1v) is 9.02. The van der Waals surface area contributed by atoms with E-state index in [0.29, 0.717) is 0 Å². The van der Waals surface area contributed by atoms with Gasteiger partial charge in [0.15, 0.2) is 0 Å². The Balaban J connectivity index is 0.000000219. The van der Waals surface area contributed by atoms with Gasteiger partial charge in [0, 0.05) is 0 Å². The van der Waals surface area contributed by atoms with Gasteiger partial charge in [-0.25, -0.2) is 0 Å². The summed E-state index contributed by atoms with van der Waals surface area (Å²) >= 11 is 0. The van der Waals surface area contributed by atoms with E-state index < -0.39 is 0 Å². The maximum absolute atomic E-state index is 3.49. The van der Waals surface area contributed by atoms with Crippen LogP contribution < -0.4 is 0 Å². The van der Waals surface area contributed by atoms with Gasteiger partial charge in [0.2, 0.25) is 0 Å². The first-order chi connectivity index (χ1) is 12.0. The van der Waals surface area contributed by atoms with E-state index in [1.807, 2.05) is 6.92 Å². The van der Waals surface area contributed by atoms with Crippen molar-refractivity contribution in [2.45, 2.75) is 41.0 Å². The van der Waals surface area contributed by atoms with Crippen LogP contribution in [0.3, 0.4) is 0 Å². The summed E-state index contributed by atoms with van der Waals surface area (Å²) in [5.74, 6) is 0. The summed E-state index contributed by atoms with van der Waals surface area (Å²) in [5, 5.41) is 5.57. The van der Waals surface area contributed by atoms with E-state index in [1.165, 1.54) is 43.8 Å². The van der Waals surface area contributed by atoms with Crippen molar-refractivity contribution in [3.8, 4) is 0 Å². The minimum Gasteiger partial charge on any atom is -0.344 e. The maximum Gasteiger partial charge on any atom is 3.00 e. The van der Waals surface area contributed by atoms with Gasteiger partial charge in [-0.1, -0.05) is 44.0 Å². The minimum atomic E-state index is 0. The first-order valence-electron chi connectivity index (χ1n) is 9.02. The summed E-state index contributed by atoms with van der Waals surface area (Å²) in [6, 6.07) is 21.7. The molecule has 26 heavy (non-hydrogen) atoms. The van der Waals surface area contributed by atoms with Crippen LogP contribution >= 0.6 is 0 Å². The van der Waals surface area contributed by atoms with Crippen molar-refractivity contribution in [3.63, 3.8) is 0 Å². The third-order valence-electron chi connectivity index (χ3n) is 4.50. The Bertz CT molecular complexity index is 787. The fourth-order valence-corrected chi connectivity index (χ4v) is 3.07. The molecule has 0 unspecified atom stereocenters. The molecule has 0 amide bonds. The van der Waals surface area contributed by atoms with Crippen molar-refractivity contribution in [1.29, 1.82) is 0 Å². The van der Waals surface area contributed by atoms with Gasteiger partial charge < -0.3 is 6.92 Å². The molecule has 4 aromatic rings. The van der Waals surface area contributed by atoms with Crippen LogP contribution in [0.2, 0.25) is 0 Å². The fourth-order valence-electron chi connectivity index (χ4n) is 3.07. The Kier molecular flexibility index (Phi) is 9.47. The molecular weight excluding hydrogens is 389 g/mol. The van der Waals surface area contributed by atoms with Crippen LogP contribution in [0.4, 0.5) is 0 Å². The van der Waals surface area contributed by atoms with Crippen LogP contribution in [0.25, 0.3) is 21.5 Å². The molecule has 0 aliphatic rings. The molecule has 0 fully saturated rings. The first kappa shape index (κ1) is 22.8. The summed E-state index contributed by atoms with van der Waals surface area (Å²) in [7, 11) is 0. The van der Waals surface area contributed by atoms with Crippen LogP contribution in [-0.4, -0.2) is 0 Å². The zero-order valence-corrected chi connectivity index (χ0v) is 19.6. The second-order valence-electron chi connectivity index (χ2n) is 6.60. The van der Waals surface area contributed by atoms with Crippen LogP contribution in [0.15, 0.2) is 60.7 Å². The molecule has 0 aliphatic carbocycles. The van der Waals surface area contributed by atoms with Gasteiger partial charge in [0.05, 0.1) is 0 Å². The third kappa shape index (κ3) is 5.38. The predicted molar refractivity (Wildman–Crippen MR) is 114 cm³/mol. The number of rotatable bonds is 0. The molecule has 0 nitrogen and oxygen atoms in total. The molecule has 0 radical (unpaired) electrons. The SMILES string of the molecule is Cc1ccc(C)c2[cH-]ccc12.Cc1ccc(C)c2[cH-]ccc12.[CH2-]CC.[Y+3]. The van der Waals surface area contributed by atoms with E-state index >= 15 is 0 Å². The number of hydrogen-bond acceptors (Lipinski definition) is 0. The van der Waals surface area contributed by atoms with E-state index in [4.69, 9.17) is 0 Å². The van der Waals surface area contributed by atoms with Gasteiger partial charge >= 0.3 is 32.7 Å². The van der Waals surface area contributed by atoms with Gasteiger partial charge in [-0.15, -0.1) is 56.9 Å². The largest absolute Gasteiger partial charge is 3.00 e. The molecule has 0 aliphatic heterocycles. The van der Waals surface area contributed by atoms with Crippen molar-refractivity contribution >= 4 is 21.5 Å². The summed E-state index contributed by atoms with van der Waals surface area (Å²) < 4.78 is 0. The number of aryl methyl sites for hydroxylation is 4. The molecule has 0 spiro atoms. The summed E-state index contributed by atoms with van der Waals surface area (Å²) in [5.41, 5.74) is 5.48. The van der Waals surface area contributed by atoms with Crippen molar-refractivity contribution in [2.24, 2.45) is 0 Å². The smallest absolute Gasteiger partial charge is 0.344 e. The zero-order chi connectivity index (χ0) is 18.4. The topological polar surface area (TPSA) is 0 Å². The molecule has 1 heteroatoms. The molecule has 132 valence electrons. The molecule has 0 heterocycles. The van der Waals surface area contributed by atoms with Crippen LogP contribution in [0.1, 0.15) is 35.6 Å². The van der Waals surface area contributed by atoms with Crippen molar-refractivity contribution in [2.75, 3.05) is 0 Å². The third-order valence-corrected chi connectivity index (χ3v) is 4.50. The van der Waals surface area contributed by atoms with Gasteiger partial charge in [-0.3, -0.25) is 0 Å². The van der Waals surface area contributed by atoms with Crippen molar-refractivity contribution < 1.29 is 32.7 Å². The number of benzene rings is 2. The van der Waals surface area contributed by atoms with Crippen LogP contribution in [-0.2, 0) is 32.7 Å². The monoisotopic (exact) mass is 418 g/mol. The van der Waals surface area contributed by atoms with Gasteiger partial charge in [-0.05, 0) is 13.8 Å². The Hall–Kier alpha value is -1.24. The van der Waals surface area contributed by atoms with Crippen LogP contribution in [0.5, 0.6) is 0 Å². The van der Waals surface area contributed by atoms with Crippen molar-refractivity contribution in [1.82, 2.24) is 0 Å². The summed E-state index contributed by atoms with van der Waals surface area (Å²) in [4.78, 5) is 0. The number of fused-ring (bicyclic) bond motifs is 2. The molecule has 4 aromatic carbocycles. The Labute approximate surface area is 184 Å². The molecule has 0 saturated carbocycles. The molecule has 0 aromatic heterocycles. The summed E-state index contributed by atoms with van der Waals surface area (Å²) in [6.07, 6.45) is 1.00. The van der Waals surface area contributed by atoms with Gasteiger partial charge in [0.1, 0.15) is 0 Å². The molecule has 4 rings (SSSR count). The fraction of sp³-hybridized carbons (Fsp3) is 0.240. The number of hydrogen-bond donors (Lipinski definition) is 0. The molecule has 0 saturated heterocycles. The van der Waals surface area contributed by atoms with Gasteiger partial charge in [-0.2, -0.15) is 30.7 Å². The summed E-state index contributed by atoms with van der Waals surface area (Å²) in [6.45, 7) is 14.1. The van der Waals surface area contributed by atoms with E-state index in [0.717, 1.165) is 6.42 Å². The molecular formula is C25H29Y. The maximum atomic E-state index is 3.49. The molecule has 0 bridgehead atoms. The van der Waals surface area contributed by atoms with E-state index in [9.17, 15) is 0 Å². The Morgan fingerprint density at radius 1 is 0.654 bits per heavy atom. The molecule has 0 atom stereocenters. The standard InChI is InChI=1S/2C11H11.C3H7.Y/c2*1-8-6-7-9(2)11-5-3-4-10(8)11;1-3-2;/h2*3-7H,1-2H3;1,3H2,2H3;/q3*-1;+3. The second kappa shape index (κ2) is 10.8. The van der Waals surface area contributed by atoms with E-state index in [2.05, 4.69) is 95.3 Å². The normalized spacial score (nSPS) is 9.77. The molecule has 0 N–H and O–H groups in total. The predicted octanol–water partition coefficient (Wildman–Crippen LogP) is 7.58. The minimum absolute atomic E-state index is 0. The second-order valence-corrected chi connectivity index (χ2v) is 6.60. The average Bonchev–Trinajstić information content (AvgIpc) is 3.26. The van der Waals surface area contributed by atoms with E-state index in [-0.39, 0.29) is 32.7 Å².